The lowest BCUT2D eigenvalue weighted by atomic mass is 10.1. The lowest BCUT2D eigenvalue weighted by Gasteiger charge is -2.18. The lowest BCUT2D eigenvalue weighted by molar-refractivity contribution is -0.384. The number of hydrogen-bond acceptors (Lipinski definition) is 6. The van der Waals surface area contributed by atoms with E-state index >= 15 is 0 Å². The zero-order valence-electron chi connectivity index (χ0n) is 15.3. The molecule has 1 saturated carbocycles. The maximum Gasteiger partial charge on any atom is 0.333 e. The number of aromatic nitrogens is 2. The van der Waals surface area contributed by atoms with Gasteiger partial charge in [-0.15, -0.1) is 0 Å². The number of rotatable bonds is 7. The molecular weight excluding hydrogens is 336 g/mol. The van der Waals surface area contributed by atoms with Gasteiger partial charge in [0.2, 0.25) is 5.82 Å². The second-order valence-electron chi connectivity index (χ2n) is 6.51. The SMILES string of the molecule is COc1ccc(CNc2c([N+](=O)[O-])c(C)nn2C)c(OC2CCCC2)c1. The minimum Gasteiger partial charge on any atom is -0.497 e. The Morgan fingerprint density at radius 1 is 1.38 bits per heavy atom. The van der Waals surface area contributed by atoms with Crippen LogP contribution < -0.4 is 14.8 Å². The van der Waals surface area contributed by atoms with Crippen molar-refractivity contribution < 1.29 is 14.4 Å². The predicted molar refractivity (Wildman–Crippen MR) is 97.8 cm³/mol. The fraction of sp³-hybridized carbons (Fsp3) is 0.500. The summed E-state index contributed by atoms with van der Waals surface area (Å²) in [5, 5.41) is 18.6. The second-order valence-corrected chi connectivity index (χ2v) is 6.51. The van der Waals surface area contributed by atoms with E-state index in [9.17, 15) is 10.1 Å². The van der Waals surface area contributed by atoms with Crippen molar-refractivity contribution in [3.8, 4) is 11.5 Å². The Hall–Kier alpha value is -2.77. The number of ether oxygens (including phenoxy) is 2. The zero-order chi connectivity index (χ0) is 18.7. The van der Waals surface area contributed by atoms with Gasteiger partial charge in [-0.2, -0.15) is 5.10 Å². The molecule has 0 aliphatic heterocycles. The molecule has 1 aromatic carbocycles. The highest BCUT2D eigenvalue weighted by atomic mass is 16.6. The quantitative estimate of drug-likeness (QED) is 0.599. The lowest BCUT2D eigenvalue weighted by Crippen LogP contribution is -2.14. The van der Waals surface area contributed by atoms with Crippen LogP contribution in [0.4, 0.5) is 11.5 Å². The van der Waals surface area contributed by atoms with Crippen LogP contribution in [-0.2, 0) is 13.6 Å². The number of nitro groups is 1. The normalized spacial score (nSPS) is 14.4. The third-order valence-corrected chi connectivity index (χ3v) is 4.69. The number of nitrogens with zero attached hydrogens (tertiary/aromatic N) is 3. The second kappa shape index (κ2) is 7.63. The highest BCUT2D eigenvalue weighted by molar-refractivity contribution is 5.60. The maximum absolute atomic E-state index is 11.3. The highest BCUT2D eigenvalue weighted by Crippen LogP contribution is 2.32. The Balaban J connectivity index is 1.82. The molecule has 0 unspecified atom stereocenters. The number of benzene rings is 1. The molecule has 26 heavy (non-hydrogen) atoms. The molecule has 0 radical (unpaired) electrons. The van der Waals surface area contributed by atoms with Crippen LogP contribution in [0, 0.1) is 17.0 Å². The average Bonchev–Trinajstić information content (AvgIpc) is 3.21. The van der Waals surface area contributed by atoms with Gasteiger partial charge in [0.25, 0.3) is 0 Å². The number of nitrogens with one attached hydrogen (secondary N) is 1. The number of hydrogen-bond donors (Lipinski definition) is 1. The minimum absolute atomic E-state index is 0.000673. The largest absolute Gasteiger partial charge is 0.497 e. The Morgan fingerprint density at radius 2 is 2.12 bits per heavy atom. The van der Waals surface area contributed by atoms with Gasteiger partial charge < -0.3 is 14.8 Å². The number of anilines is 1. The van der Waals surface area contributed by atoms with Crippen LogP contribution >= 0.6 is 0 Å². The van der Waals surface area contributed by atoms with E-state index in [1.54, 1.807) is 21.1 Å². The molecule has 1 aromatic heterocycles. The van der Waals surface area contributed by atoms with E-state index in [1.165, 1.54) is 17.5 Å². The Labute approximate surface area is 152 Å². The van der Waals surface area contributed by atoms with Crippen molar-refractivity contribution in [3.63, 3.8) is 0 Å². The van der Waals surface area contributed by atoms with Gasteiger partial charge >= 0.3 is 5.69 Å². The average molecular weight is 360 g/mol. The van der Waals surface area contributed by atoms with Crippen molar-refractivity contribution in [1.82, 2.24) is 9.78 Å². The summed E-state index contributed by atoms with van der Waals surface area (Å²) in [4.78, 5) is 10.9. The van der Waals surface area contributed by atoms with E-state index < -0.39 is 4.92 Å². The van der Waals surface area contributed by atoms with Crippen LogP contribution in [0.5, 0.6) is 11.5 Å². The van der Waals surface area contributed by atoms with Crippen LogP contribution in [0.3, 0.4) is 0 Å². The summed E-state index contributed by atoms with van der Waals surface area (Å²) >= 11 is 0. The molecule has 1 fully saturated rings. The van der Waals surface area contributed by atoms with Crippen molar-refractivity contribution in [1.29, 1.82) is 0 Å². The molecule has 0 atom stereocenters. The van der Waals surface area contributed by atoms with Gasteiger partial charge in [0.05, 0.1) is 18.1 Å². The Morgan fingerprint density at radius 3 is 2.77 bits per heavy atom. The highest BCUT2D eigenvalue weighted by Gasteiger charge is 2.24. The molecule has 0 amide bonds. The van der Waals surface area contributed by atoms with Gasteiger partial charge in [0, 0.05) is 25.2 Å². The summed E-state index contributed by atoms with van der Waals surface area (Å²) in [6.45, 7) is 2.02. The maximum atomic E-state index is 11.3. The molecule has 8 heteroatoms. The first-order valence-corrected chi connectivity index (χ1v) is 8.75. The molecule has 0 spiro atoms. The smallest absolute Gasteiger partial charge is 0.333 e. The number of methoxy groups -OCH3 is 1. The molecule has 0 bridgehead atoms. The van der Waals surface area contributed by atoms with Gasteiger partial charge in [0.15, 0.2) is 0 Å². The molecule has 1 N–H and O–H groups in total. The minimum atomic E-state index is -0.408. The summed E-state index contributed by atoms with van der Waals surface area (Å²) in [5.41, 5.74) is 1.31. The van der Waals surface area contributed by atoms with Gasteiger partial charge in [-0.25, -0.2) is 4.68 Å². The summed E-state index contributed by atoms with van der Waals surface area (Å²) < 4.78 is 13.0. The molecular formula is C18H24N4O4. The van der Waals surface area contributed by atoms with E-state index in [2.05, 4.69) is 10.4 Å². The molecule has 1 aliphatic carbocycles. The zero-order valence-corrected chi connectivity index (χ0v) is 15.3. The van der Waals surface area contributed by atoms with Crippen molar-refractivity contribution >= 4 is 11.5 Å². The van der Waals surface area contributed by atoms with Crippen molar-refractivity contribution in [3.05, 3.63) is 39.6 Å². The topological polar surface area (TPSA) is 91.5 Å². The molecule has 1 heterocycles. The van der Waals surface area contributed by atoms with E-state index in [0.29, 0.717) is 18.1 Å². The Kier molecular flexibility index (Phi) is 5.29. The van der Waals surface area contributed by atoms with Crippen LogP contribution in [0.1, 0.15) is 36.9 Å². The molecule has 2 aromatic rings. The van der Waals surface area contributed by atoms with E-state index in [4.69, 9.17) is 9.47 Å². The molecule has 8 nitrogen and oxygen atoms in total. The first-order chi connectivity index (χ1) is 12.5. The molecule has 0 saturated heterocycles. The van der Waals surface area contributed by atoms with Gasteiger partial charge in [-0.1, -0.05) is 0 Å². The fourth-order valence-corrected chi connectivity index (χ4v) is 3.35. The third-order valence-electron chi connectivity index (χ3n) is 4.69. The molecule has 3 rings (SSSR count). The third kappa shape index (κ3) is 3.74. The van der Waals surface area contributed by atoms with Gasteiger partial charge in [-0.05, 0) is 44.7 Å². The van der Waals surface area contributed by atoms with Crippen molar-refractivity contribution in [2.45, 2.75) is 45.3 Å². The summed E-state index contributed by atoms with van der Waals surface area (Å²) in [5.74, 6) is 1.87. The van der Waals surface area contributed by atoms with Crippen molar-refractivity contribution in [2.75, 3.05) is 12.4 Å². The first kappa shape index (κ1) is 18.0. The summed E-state index contributed by atoms with van der Waals surface area (Å²) in [6, 6.07) is 5.66. The summed E-state index contributed by atoms with van der Waals surface area (Å²) in [7, 11) is 3.31. The van der Waals surface area contributed by atoms with Crippen LogP contribution in [0.2, 0.25) is 0 Å². The van der Waals surface area contributed by atoms with Crippen LogP contribution in [0.25, 0.3) is 0 Å². The summed E-state index contributed by atoms with van der Waals surface area (Å²) in [6.07, 6.45) is 4.69. The van der Waals surface area contributed by atoms with Crippen LogP contribution in [0.15, 0.2) is 18.2 Å². The van der Waals surface area contributed by atoms with Gasteiger partial charge in [0.1, 0.15) is 17.2 Å². The first-order valence-electron chi connectivity index (χ1n) is 8.75. The fourth-order valence-electron chi connectivity index (χ4n) is 3.35. The molecule has 140 valence electrons. The number of aryl methyl sites for hydroxylation is 2. The predicted octanol–water partition coefficient (Wildman–Crippen LogP) is 3.58. The van der Waals surface area contributed by atoms with E-state index in [-0.39, 0.29) is 11.8 Å². The van der Waals surface area contributed by atoms with E-state index in [0.717, 1.165) is 29.9 Å². The van der Waals surface area contributed by atoms with Crippen molar-refractivity contribution in [2.24, 2.45) is 7.05 Å². The Bertz CT molecular complexity index is 797. The van der Waals surface area contributed by atoms with E-state index in [1.807, 2.05) is 18.2 Å². The van der Waals surface area contributed by atoms with Crippen LogP contribution in [-0.4, -0.2) is 27.9 Å². The standard InChI is InChI=1S/C18H24N4O4/c1-12-17(22(23)24)18(21(2)20-12)19-11-13-8-9-15(25-3)10-16(13)26-14-6-4-5-7-14/h8-10,14,19H,4-7,11H2,1-3H3. The molecule has 1 aliphatic rings. The monoisotopic (exact) mass is 360 g/mol. The van der Waals surface area contributed by atoms with Gasteiger partial charge in [-0.3, -0.25) is 10.1 Å².